The maximum atomic E-state index is 12.0. The average Bonchev–Trinajstić information content (AvgIpc) is 2.43. The Kier molecular flexibility index (Phi) is 6.70. The Hall–Kier alpha value is -1.05. The van der Waals surface area contributed by atoms with Gasteiger partial charge in [0.15, 0.2) is 0 Å². The van der Waals surface area contributed by atoms with Gasteiger partial charge in [-0.2, -0.15) is 0 Å². The van der Waals surface area contributed by atoms with Crippen LogP contribution in [0.4, 0.5) is 0 Å². The molecule has 1 unspecified atom stereocenters. The van der Waals surface area contributed by atoms with Crippen molar-refractivity contribution in [3.63, 3.8) is 0 Å². The molecule has 1 rings (SSSR count). The standard InChI is InChI=1S/C14H21NO4S2/c1-10(2)15-21(17,18)13-7-5-12(6-8-13)20-9-11(3)14(16)19-4/h5-8,10-11,15H,9H2,1-4H3. The summed E-state index contributed by atoms with van der Waals surface area (Å²) in [5, 5.41) is 0. The van der Waals surface area contributed by atoms with Crippen LogP contribution in [0.3, 0.4) is 0 Å². The summed E-state index contributed by atoms with van der Waals surface area (Å²) >= 11 is 1.49. The van der Waals surface area contributed by atoms with Gasteiger partial charge in [0.05, 0.1) is 17.9 Å². The fourth-order valence-corrected chi connectivity index (χ4v) is 3.74. The lowest BCUT2D eigenvalue weighted by Crippen LogP contribution is -2.30. The van der Waals surface area contributed by atoms with E-state index in [2.05, 4.69) is 9.46 Å². The van der Waals surface area contributed by atoms with Crippen LogP contribution in [0.25, 0.3) is 0 Å². The van der Waals surface area contributed by atoms with E-state index < -0.39 is 10.0 Å². The number of carbonyl (C=O) groups excluding carboxylic acids is 1. The summed E-state index contributed by atoms with van der Waals surface area (Å²) < 4.78 is 31.1. The average molecular weight is 331 g/mol. The number of benzene rings is 1. The number of methoxy groups -OCH3 is 1. The highest BCUT2D eigenvalue weighted by Gasteiger charge is 2.16. The van der Waals surface area contributed by atoms with Gasteiger partial charge < -0.3 is 4.74 Å². The Labute approximate surface area is 130 Å². The fraction of sp³-hybridized carbons (Fsp3) is 0.500. The molecular formula is C14H21NO4S2. The number of carbonyl (C=O) groups is 1. The van der Waals surface area contributed by atoms with E-state index in [0.717, 1.165) is 4.90 Å². The molecular weight excluding hydrogens is 310 g/mol. The molecule has 5 nitrogen and oxygen atoms in total. The molecule has 0 saturated carbocycles. The summed E-state index contributed by atoms with van der Waals surface area (Å²) in [6, 6.07) is 6.46. The maximum absolute atomic E-state index is 12.0. The Morgan fingerprint density at radius 1 is 1.24 bits per heavy atom. The van der Waals surface area contributed by atoms with Gasteiger partial charge in [-0.25, -0.2) is 13.1 Å². The predicted molar refractivity (Wildman–Crippen MR) is 83.8 cm³/mol. The Morgan fingerprint density at radius 2 is 1.81 bits per heavy atom. The van der Waals surface area contributed by atoms with Crippen LogP contribution in [0.2, 0.25) is 0 Å². The van der Waals surface area contributed by atoms with Gasteiger partial charge >= 0.3 is 5.97 Å². The molecule has 0 aromatic heterocycles. The zero-order valence-electron chi connectivity index (χ0n) is 12.6. The monoisotopic (exact) mass is 331 g/mol. The second-order valence-corrected chi connectivity index (χ2v) is 7.79. The molecule has 0 heterocycles. The van der Waals surface area contributed by atoms with Crippen LogP contribution >= 0.6 is 11.8 Å². The van der Waals surface area contributed by atoms with E-state index in [9.17, 15) is 13.2 Å². The van der Waals surface area contributed by atoms with Crippen molar-refractivity contribution in [2.24, 2.45) is 5.92 Å². The number of hydrogen-bond acceptors (Lipinski definition) is 5. The van der Waals surface area contributed by atoms with Crippen molar-refractivity contribution >= 4 is 27.8 Å². The minimum atomic E-state index is -3.46. The van der Waals surface area contributed by atoms with Gasteiger partial charge in [-0.1, -0.05) is 6.92 Å². The van der Waals surface area contributed by atoms with E-state index in [4.69, 9.17) is 0 Å². The quantitative estimate of drug-likeness (QED) is 0.613. The highest BCUT2D eigenvalue weighted by molar-refractivity contribution is 7.99. The van der Waals surface area contributed by atoms with E-state index in [0.29, 0.717) is 5.75 Å². The number of rotatable bonds is 7. The molecule has 1 N–H and O–H groups in total. The Balaban J connectivity index is 2.69. The van der Waals surface area contributed by atoms with Gasteiger partial charge in [-0.15, -0.1) is 11.8 Å². The van der Waals surface area contributed by atoms with Crippen LogP contribution < -0.4 is 4.72 Å². The largest absolute Gasteiger partial charge is 0.469 e. The van der Waals surface area contributed by atoms with Gasteiger partial charge in [0.1, 0.15) is 0 Å². The molecule has 0 aliphatic heterocycles. The van der Waals surface area contributed by atoms with Crippen molar-refractivity contribution in [1.82, 2.24) is 4.72 Å². The second-order valence-electron chi connectivity index (χ2n) is 4.98. The number of nitrogens with one attached hydrogen (secondary N) is 1. The third-order valence-corrected chi connectivity index (χ3v) is 5.58. The molecule has 0 saturated heterocycles. The van der Waals surface area contributed by atoms with Crippen LogP contribution in [-0.4, -0.2) is 33.3 Å². The molecule has 0 spiro atoms. The van der Waals surface area contributed by atoms with E-state index >= 15 is 0 Å². The fourth-order valence-electron chi connectivity index (χ4n) is 1.58. The van der Waals surface area contributed by atoms with Crippen molar-refractivity contribution in [1.29, 1.82) is 0 Å². The van der Waals surface area contributed by atoms with Crippen LogP contribution in [0.15, 0.2) is 34.1 Å². The number of thioether (sulfide) groups is 1. The summed E-state index contributed by atoms with van der Waals surface area (Å²) in [7, 11) is -2.09. The highest BCUT2D eigenvalue weighted by Crippen LogP contribution is 2.23. The molecule has 1 atom stereocenters. The Bertz CT molecular complexity index is 567. The highest BCUT2D eigenvalue weighted by atomic mass is 32.2. The van der Waals surface area contributed by atoms with E-state index in [-0.39, 0.29) is 22.8 Å². The first kappa shape index (κ1) is 18.0. The van der Waals surface area contributed by atoms with E-state index in [1.807, 2.05) is 0 Å². The number of esters is 1. The van der Waals surface area contributed by atoms with Crippen molar-refractivity contribution < 1.29 is 17.9 Å². The molecule has 1 aromatic carbocycles. The number of hydrogen-bond donors (Lipinski definition) is 1. The smallest absolute Gasteiger partial charge is 0.309 e. The molecule has 0 aliphatic rings. The molecule has 118 valence electrons. The van der Waals surface area contributed by atoms with Crippen molar-refractivity contribution in [3.8, 4) is 0 Å². The minimum Gasteiger partial charge on any atom is -0.469 e. The SMILES string of the molecule is COC(=O)C(C)CSc1ccc(S(=O)(=O)NC(C)C)cc1. The van der Waals surface area contributed by atoms with Crippen molar-refractivity contribution in [3.05, 3.63) is 24.3 Å². The van der Waals surface area contributed by atoms with Gasteiger partial charge in [-0.3, -0.25) is 4.79 Å². The predicted octanol–water partition coefficient (Wildman–Crippen LogP) is 2.27. The minimum absolute atomic E-state index is 0.148. The van der Waals surface area contributed by atoms with Gasteiger partial charge in [-0.05, 0) is 38.1 Å². The lowest BCUT2D eigenvalue weighted by Gasteiger charge is -2.11. The zero-order valence-corrected chi connectivity index (χ0v) is 14.3. The third kappa shape index (κ3) is 5.68. The summed E-state index contributed by atoms with van der Waals surface area (Å²) in [5.41, 5.74) is 0. The lowest BCUT2D eigenvalue weighted by molar-refractivity contribution is -0.143. The molecule has 0 fully saturated rings. The van der Waals surface area contributed by atoms with Crippen LogP contribution in [0.5, 0.6) is 0 Å². The molecule has 0 bridgehead atoms. The van der Waals surface area contributed by atoms with Crippen LogP contribution in [-0.2, 0) is 19.6 Å². The van der Waals surface area contributed by atoms with Crippen molar-refractivity contribution in [2.45, 2.75) is 36.6 Å². The topological polar surface area (TPSA) is 72.5 Å². The van der Waals surface area contributed by atoms with Gasteiger partial charge in [0.2, 0.25) is 10.0 Å². The van der Waals surface area contributed by atoms with Crippen LogP contribution in [0.1, 0.15) is 20.8 Å². The Morgan fingerprint density at radius 3 is 2.29 bits per heavy atom. The lowest BCUT2D eigenvalue weighted by atomic mass is 10.2. The first-order valence-electron chi connectivity index (χ1n) is 6.59. The third-order valence-electron chi connectivity index (χ3n) is 2.63. The summed E-state index contributed by atoms with van der Waals surface area (Å²) in [6.45, 7) is 5.34. The summed E-state index contributed by atoms with van der Waals surface area (Å²) in [6.07, 6.45) is 0. The summed E-state index contributed by atoms with van der Waals surface area (Å²) in [4.78, 5) is 12.4. The molecule has 0 aliphatic carbocycles. The second kappa shape index (κ2) is 7.82. The molecule has 21 heavy (non-hydrogen) atoms. The summed E-state index contributed by atoms with van der Waals surface area (Å²) in [5.74, 6) is 0.136. The van der Waals surface area contributed by atoms with E-state index in [1.165, 1.54) is 18.9 Å². The van der Waals surface area contributed by atoms with Gasteiger partial charge in [0, 0.05) is 16.7 Å². The first-order chi connectivity index (χ1) is 9.76. The molecule has 1 aromatic rings. The molecule has 7 heteroatoms. The van der Waals surface area contributed by atoms with Crippen molar-refractivity contribution in [2.75, 3.05) is 12.9 Å². The van der Waals surface area contributed by atoms with Gasteiger partial charge in [0.25, 0.3) is 0 Å². The van der Waals surface area contributed by atoms with Crippen LogP contribution in [0, 0.1) is 5.92 Å². The van der Waals surface area contributed by atoms with E-state index in [1.54, 1.807) is 45.0 Å². The number of ether oxygens (including phenoxy) is 1. The maximum Gasteiger partial charge on any atom is 0.309 e. The molecule has 0 radical (unpaired) electrons. The number of sulfonamides is 1. The zero-order chi connectivity index (χ0) is 16.0. The first-order valence-corrected chi connectivity index (χ1v) is 9.06. The molecule has 0 amide bonds. The normalized spacial score (nSPS) is 13.2.